The number of aldehydes is 1. The molecule has 0 bridgehead atoms. The van der Waals surface area contributed by atoms with Gasteiger partial charge in [-0.1, -0.05) is 53.6 Å². The Morgan fingerprint density at radius 3 is 2.52 bits per heavy atom. The third kappa shape index (κ3) is 2.36. The monoisotopic (exact) mass is 297 g/mol. The Morgan fingerprint density at radius 1 is 1.14 bits per heavy atom. The smallest absolute Gasteiger partial charge is 0.153 e. The minimum atomic E-state index is 0.512. The van der Waals surface area contributed by atoms with Crippen LogP contribution in [0.1, 0.15) is 27.0 Å². The quantitative estimate of drug-likeness (QED) is 0.638. The summed E-state index contributed by atoms with van der Waals surface area (Å²) in [6.45, 7) is 4.75. The Morgan fingerprint density at radius 2 is 1.86 bits per heavy atom. The minimum Gasteiger partial charge on any atom is -0.326 e. The summed E-state index contributed by atoms with van der Waals surface area (Å²) >= 11 is 6.46. The van der Waals surface area contributed by atoms with Gasteiger partial charge in [0.2, 0.25) is 0 Å². The van der Waals surface area contributed by atoms with Crippen LogP contribution in [0.5, 0.6) is 0 Å². The molecule has 3 heteroatoms. The number of halogens is 1. The van der Waals surface area contributed by atoms with Crippen LogP contribution in [-0.2, 0) is 6.54 Å². The molecule has 0 aliphatic rings. The van der Waals surface area contributed by atoms with E-state index in [1.54, 1.807) is 0 Å². The van der Waals surface area contributed by atoms with Gasteiger partial charge in [-0.3, -0.25) is 4.79 Å². The standard InChI is InChI=1S/C18H16ClNO/c1-12-8-13(2)17-15(9-12)16(11-21)18(19)20(17)10-14-6-4-3-5-7-14/h3-9,11H,10H2,1-2H3. The highest BCUT2D eigenvalue weighted by Gasteiger charge is 2.17. The number of carbonyl (C=O) groups excluding carboxylic acids is 1. The second-order valence-electron chi connectivity index (χ2n) is 5.37. The van der Waals surface area contributed by atoms with Crippen molar-refractivity contribution < 1.29 is 4.79 Å². The number of hydrogen-bond donors (Lipinski definition) is 0. The summed E-state index contributed by atoms with van der Waals surface area (Å²) in [5.41, 5.74) is 5.05. The molecule has 3 rings (SSSR count). The van der Waals surface area contributed by atoms with Crippen LogP contribution in [0, 0.1) is 13.8 Å². The first-order valence-corrected chi connectivity index (χ1v) is 7.27. The molecule has 0 atom stereocenters. The maximum Gasteiger partial charge on any atom is 0.153 e. The zero-order valence-corrected chi connectivity index (χ0v) is 12.8. The number of aryl methyl sites for hydroxylation is 2. The van der Waals surface area contributed by atoms with Gasteiger partial charge in [-0.2, -0.15) is 0 Å². The maximum absolute atomic E-state index is 11.4. The van der Waals surface area contributed by atoms with Crippen molar-refractivity contribution >= 4 is 28.8 Å². The van der Waals surface area contributed by atoms with Crippen molar-refractivity contribution in [2.75, 3.05) is 0 Å². The Bertz CT molecular complexity index is 818. The van der Waals surface area contributed by atoms with Crippen molar-refractivity contribution in [3.05, 3.63) is 69.9 Å². The van der Waals surface area contributed by atoms with Crippen molar-refractivity contribution in [3.8, 4) is 0 Å². The molecule has 0 aliphatic heterocycles. The summed E-state index contributed by atoms with van der Waals surface area (Å²) in [4.78, 5) is 11.4. The van der Waals surface area contributed by atoms with Crippen LogP contribution in [0.4, 0.5) is 0 Å². The van der Waals surface area contributed by atoms with E-state index >= 15 is 0 Å². The molecule has 0 saturated heterocycles. The molecule has 0 radical (unpaired) electrons. The summed E-state index contributed by atoms with van der Waals surface area (Å²) in [6, 6.07) is 14.3. The normalized spacial score (nSPS) is 11.0. The molecule has 0 spiro atoms. The number of rotatable bonds is 3. The number of hydrogen-bond acceptors (Lipinski definition) is 1. The van der Waals surface area contributed by atoms with Gasteiger partial charge in [0.1, 0.15) is 5.15 Å². The lowest BCUT2D eigenvalue weighted by atomic mass is 10.1. The van der Waals surface area contributed by atoms with E-state index in [-0.39, 0.29) is 0 Å². The summed E-state index contributed by atoms with van der Waals surface area (Å²) in [5, 5.41) is 1.45. The molecular formula is C18H16ClNO. The number of nitrogens with zero attached hydrogens (tertiary/aromatic N) is 1. The Labute approximate surface area is 129 Å². The van der Waals surface area contributed by atoms with E-state index in [4.69, 9.17) is 11.6 Å². The van der Waals surface area contributed by atoms with Crippen LogP contribution in [0.25, 0.3) is 10.9 Å². The number of carbonyl (C=O) groups is 1. The van der Waals surface area contributed by atoms with E-state index < -0.39 is 0 Å². The number of benzene rings is 2. The van der Waals surface area contributed by atoms with Crippen molar-refractivity contribution in [2.45, 2.75) is 20.4 Å². The molecule has 0 amide bonds. The van der Waals surface area contributed by atoms with Gasteiger partial charge in [0.15, 0.2) is 6.29 Å². The van der Waals surface area contributed by atoms with E-state index in [1.165, 1.54) is 0 Å². The Hall–Kier alpha value is -2.06. The molecule has 1 aromatic heterocycles. The zero-order chi connectivity index (χ0) is 15.0. The van der Waals surface area contributed by atoms with Gasteiger partial charge in [-0.25, -0.2) is 0 Å². The molecule has 3 aromatic rings. The largest absolute Gasteiger partial charge is 0.326 e. The predicted octanol–water partition coefficient (Wildman–Crippen LogP) is 4.77. The van der Waals surface area contributed by atoms with Gasteiger partial charge in [-0.15, -0.1) is 0 Å². The average Bonchev–Trinajstić information content (AvgIpc) is 2.72. The molecule has 0 unspecified atom stereocenters. The third-order valence-electron chi connectivity index (χ3n) is 3.77. The second kappa shape index (κ2) is 5.38. The first-order valence-electron chi connectivity index (χ1n) is 6.90. The first-order chi connectivity index (χ1) is 10.1. The molecule has 2 aromatic carbocycles. The molecule has 0 saturated carbocycles. The van der Waals surface area contributed by atoms with Crippen LogP contribution in [0.3, 0.4) is 0 Å². The van der Waals surface area contributed by atoms with Gasteiger partial charge >= 0.3 is 0 Å². The lowest BCUT2D eigenvalue weighted by Gasteiger charge is -2.09. The fourth-order valence-electron chi connectivity index (χ4n) is 2.90. The lowest BCUT2D eigenvalue weighted by molar-refractivity contribution is 0.112. The summed E-state index contributed by atoms with van der Waals surface area (Å²) in [7, 11) is 0. The summed E-state index contributed by atoms with van der Waals surface area (Å²) < 4.78 is 2.02. The molecular weight excluding hydrogens is 282 g/mol. The predicted molar refractivity (Wildman–Crippen MR) is 87.4 cm³/mol. The first kappa shape index (κ1) is 13.9. The fraction of sp³-hybridized carbons (Fsp3) is 0.167. The SMILES string of the molecule is Cc1cc(C)c2c(c1)c(C=O)c(Cl)n2Cc1ccccc1. The minimum absolute atomic E-state index is 0.512. The van der Waals surface area contributed by atoms with E-state index in [2.05, 4.69) is 25.1 Å². The fourth-order valence-corrected chi connectivity index (χ4v) is 3.20. The van der Waals surface area contributed by atoms with Crippen LogP contribution in [-0.4, -0.2) is 10.9 Å². The van der Waals surface area contributed by atoms with Gasteiger partial charge in [0.05, 0.1) is 11.1 Å². The van der Waals surface area contributed by atoms with Crippen LogP contribution >= 0.6 is 11.6 Å². The number of aromatic nitrogens is 1. The van der Waals surface area contributed by atoms with Crippen molar-refractivity contribution in [2.24, 2.45) is 0 Å². The molecule has 1 heterocycles. The van der Waals surface area contributed by atoms with E-state index in [9.17, 15) is 4.79 Å². The van der Waals surface area contributed by atoms with Gasteiger partial charge in [0.25, 0.3) is 0 Å². The molecule has 21 heavy (non-hydrogen) atoms. The maximum atomic E-state index is 11.4. The molecule has 106 valence electrons. The summed E-state index contributed by atoms with van der Waals surface area (Å²) in [5.74, 6) is 0. The molecule has 2 nitrogen and oxygen atoms in total. The van der Waals surface area contributed by atoms with E-state index in [1.807, 2.05) is 35.8 Å². The zero-order valence-electron chi connectivity index (χ0n) is 12.1. The summed E-state index contributed by atoms with van der Waals surface area (Å²) in [6.07, 6.45) is 0.852. The van der Waals surface area contributed by atoms with Crippen molar-refractivity contribution in [3.63, 3.8) is 0 Å². The average molecular weight is 298 g/mol. The Balaban J connectivity index is 2.27. The lowest BCUT2D eigenvalue weighted by Crippen LogP contribution is -2.00. The molecule has 0 aliphatic carbocycles. The molecule has 0 fully saturated rings. The second-order valence-corrected chi connectivity index (χ2v) is 5.73. The topological polar surface area (TPSA) is 22.0 Å². The van der Waals surface area contributed by atoms with Gasteiger partial charge in [-0.05, 0) is 31.0 Å². The van der Waals surface area contributed by atoms with Crippen LogP contribution in [0.15, 0.2) is 42.5 Å². The van der Waals surface area contributed by atoms with E-state index in [0.29, 0.717) is 17.3 Å². The van der Waals surface area contributed by atoms with Crippen LogP contribution < -0.4 is 0 Å². The van der Waals surface area contributed by atoms with Crippen molar-refractivity contribution in [1.29, 1.82) is 0 Å². The number of fused-ring (bicyclic) bond motifs is 1. The Kier molecular flexibility index (Phi) is 3.56. The highest BCUT2D eigenvalue weighted by Crippen LogP contribution is 2.32. The highest BCUT2D eigenvalue weighted by atomic mass is 35.5. The van der Waals surface area contributed by atoms with E-state index in [0.717, 1.165) is 33.9 Å². The van der Waals surface area contributed by atoms with Crippen molar-refractivity contribution in [1.82, 2.24) is 4.57 Å². The van der Waals surface area contributed by atoms with Crippen LogP contribution in [0.2, 0.25) is 5.15 Å². The van der Waals surface area contributed by atoms with Gasteiger partial charge in [0, 0.05) is 11.9 Å². The van der Waals surface area contributed by atoms with Gasteiger partial charge < -0.3 is 4.57 Å². The molecule has 0 N–H and O–H groups in total. The highest BCUT2D eigenvalue weighted by molar-refractivity contribution is 6.34. The third-order valence-corrected chi connectivity index (χ3v) is 4.17.